The largest absolute Gasteiger partial charge is 0.480 e. The molecular formula is C16H15Br2NO2. The second-order valence-corrected chi connectivity index (χ2v) is 6.31. The summed E-state index contributed by atoms with van der Waals surface area (Å²) in [6, 6.07) is 12.6. The number of nitrogen functional groups attached to an aromatic ring is 1. The molecule has 2 aromatic rings. The molecule has 1 unspecified atom stereocenters. The molecule has 0 spiro atoms. The Morgan fingerprint density at radius 2 is 1.95 bits per heavy atom. The molecule has 3 nitrogen and oxygen atoms in total. The maximum Gasteiger partial charge on any atom is 0.204 e. The van der Waals surface area contributed by atoms with E-state index in [4.69, 9.17) is 10.5 Å². The van der Waals surface area contributed by atoms with Gasteiger partial charge in [0.25, 0.3) is 0 Å². The summed E-state index contributed by atoms with van der Waals surface area (Å²) < 4.78 is 7.44. The molecule has 0 radical (unpaired) electrons. The minimum absolute atomic E-state index is 0.0693. The Morgan fingerprint density at radius 3 is 2.57 bits per heavy atom. The lowest BCUT2D eigenvalue weighted by atomic mass is 10.0. The van der Waals surface area contributed by atoms with E-state index in [9.17, 15) is 4.79 Å². The second kappa shape index (κ2) is 7.09. The molecule has 0 saturated carbocycles. The number of Topliss-reactive ketones (excluding diaryl/α,β-unsaturated/α-hetero) is 1. The first kappa shape index (κ1) is 16.0. The lowest BCUT2D eigenvalue weighted by molar-refractivity contribution is 0.0787. The Morgan fingerprint density at radius 1 is 1.24 bits per heavy atom. The van der Waals surface area contributed by atoms with E-state index in [1.54, 1.807) is 18.2 Å². The molecule has 110 valence electrons. The Balaban J connectivity index is 2.25. The predicted octanol–water partition coefficient (Wildman–Crippen LogP) is 4.83. The lowest BCUT2D eigenvalue weighted by Gasteiger charge is -2.18. The molecule has 0 aromatic heterocycles. The van der Waals surface area contributed by atoms with Gasteiger partial charge < -0.3 is 10.5 Å². The van der Waals surface area contributed by atoms with Crippen molar-refractivity contribution in [2.45, 2.75) is 19.4 Å². The Labute approximate surface area is 140 Å². The zero-order chi connectivity index (χ0) is 15.4. The molecule has 2 N–H and O–H groups in total. The molecule has 0 heterocycles. The standard InChI is InChI=1S/C16H15Br2NO2/c1-2-14(21-15-6-4-3-5-13(15)19)16(20)11-8-7-10(17)9-12(11)18/h3-9,14H,2,19H2,1H3. The summed E-state index contributed by atoms with van der Waals surface area (Å²) in [5, 5.41) is 0. The fourth-order valence-electron chi connectivity index (χ4n) is 1.93. The quantitative estimate of drug-likeness (QED) is 0.564. The van der Waals surface area contributed by atoms with Crippen molar-refractivity contribution in [3.8, 4) is 5.75 Å². The molecule has 0 saturated heterocycles. The van der Waals surface area contributed by atoms with Crippen LogP contribution >= 0.6 is 31.9 Å². The van der Waals surface area contributed by atoms with Gasteiger partial charge in [-0.05, 0) is 36.8 Å². The first-order valence-corrected chi connectivity index (χ1v) is 8.12. The highest BCUT2D eigenvalue weighted by Gasteiger charge is 2.22. The van der Waals surface area contributed by atoms with Crippen LogP contribution in [-0.2, 0) is 0 Å². The zero-order valence-corrected chi connectivity index (χ0v) is 14.6. The molecular weight excluding hydrogens is 398 g/mol. The molecule has 0 amide bonds. The summed E-state index contributed by atoms with van der Waals surface area (Å²) >= 11 is 6.79. The number of nitrogens with two attached hydrogens (primary N) is 1. The van der Waals surface area contributed by atoms with Crippen LogP contribution in [0.4, 0.5) is 5.69 Å². The van der Waals surface area contributed by atoms with E-state index in [-0.39, 0.29) is 5.78 Å². The molecule has 0 fully saturated rings. The number of halogens is 2. The van der Waals surface area contributed by atoms with Gasteiger partial charge in [0.05, 0.1) is 5.69 Å². The highest BCUT2D eigenvalue weighted by Crippen LogP contribution is 2.27. The summed E-state index contributed by atoms with van der Waals surface area (Å²) in [7, 11) is 0. The number of para-hydroxylation sites is 2. The average Bonchev–Trinajstić information content (AvgIpc) is 2.46. The van der Waals surface area contributed by atoms with Gasteiger partial charge in [0, 0.05) is 14.5 Å². The maximum atomic E-state index is 12.6. The van der Waals surface area contributed by atoms with Crippen LogP contribution < -0.4 is 10.5 Å². The van der Waals surface area contributed by atoms with Crippen molar-refractivity contribution in [3.05, 3.63) is 57.0 Å². The number of hydrogen-bond acceptors (Lipinski definition) is 3. The van der Waals surface area contributed by atoms with Crippen LogP contribution in [0.3, 0.4) is 0 Å². The van der Waals surface area contributed by atoms with E-state index in [1.165, 1.54) is 0 Å². The minimum atomic E-state index is -0.563. The number of carbonyl (C=O) groups is 1. The van der Waals surface area contributed by atoms with Crippen LogP contribution in [0.1, 0.15) is 23.7 Å². The second-order valence-electron chi connectivity index (χ2n) is 4.54. The van der Waals surface area contributed by atoms with Crippen molar-refractivity contribution < 1.29 is 9.53 Å². The van der Waals surface area contributed by atoms with Gasteiger partial charge in [0.15, 0.2) is 6.10 Å². The zero-order valence-electron chi connectivity index (χ0n) is 11.5. The molecule has 21 heavy (non-hydrogen) atoms. The van der Waals surface area contributed by atoms with Crippen LogP contribution in [0.5, 0.6) is 5.75 Å². The van der Waals surface area contributed by atoms with Gasteiger partial charge in [-0.3, -0.25) is 4.79 Å². The van der Waals surface area contributed by atoms with Crippen LogP contribution in [0, 0.1) is 0 Å². The van der Waals surface area contributed by atoms with E-state index in [1.807, 2.05) is 31.2 Å². The first-order chi connectivity index (χ1) is 10.0. The molecule has 0 aliphatic heterocycles. The fourth-order valence-corrected chi connectivity index (χ4v) is 3.17. The predicted molar refractivity (Wildman–Crippen MR) is 91.7 cm³/mol. The number of hydrogen-bond donors (Lipinski definition) is 1. The molecule has 5 heteroatoms. The maximum absolute atomic E-state index is 12.6. The summed E-state index contributed by atoms with van der Waals surface area (Å²) in [5.74, 6) is 0.464. The molecule has 0 bridgehead atoms. The summed E-state index contributed by atoms with van der Waals surface area (Å²) in [6.45, 7) is 1.91. The van der Waals surface area contributed by atoms with Gasteiger partial charge in [-0.2, -0.15) is 0 Å². The smallest absolute Gasteiger partial charge is 0.204 e. The third kappa shape index (κ3) is 3.86. The van der Waals surface area contributed by atoms with E-state index < -0.39 is 6.10 Å². The van der Waals surface area contributed by atoms with Crippen molar-refractivity contribution in [2.75, 3.05) is 5.73 Å². The topological polar surface area (TPSA) is 52.3 Å². The Kier molecular flexibility index (Phi) is 5.42. The number of carbonyl (C=O) groups excluding carboxylic acids is 1. The van der Waals surface area contributed by atoms with Crippen LogP contribution in [0.25, 0.3) is 0 Å². The Bertz CT molecular complexity index is 658. The van der Waals surface area contributed by atoms with E-state index in [0.29, 0.717) is 23.4 Å². The highest BCUT2D eigenvalue weighted by molar-refractivity contribution is 9.11. The highest BCUT2D eigenvalue weighted by atomic mass is 79.9. The SMILES string of the molecule is CCC(Oc1ccccc1N)C(=O)c1ccc(Br)cc1Br. The van der Waals surface area contributed by atoms with Crippen molar-refractivity contribution in [3.63, 3.8) is 0 Å². The number of anilines is 1. The van der Waals surface area contributed by atoms with Crippen LogP contribution in [-0.4, -0.2) is 11.9 Å². The van der Waals surface area contributed by atoms with Crippen molar-refractivity contribution in [1.29, 1.82) is 0 Å². The van der Waals surface area contributed by atoms with Crippen LogP contribution in [0.2, 0.25) is 0 Å². The summed E-state index contributed by atoms with van der Waals surface area (Å²) in [5.41, 5.74) is 6.98. The van der Waals surface area contributed by atoms with E-state index in [2.05, 4.69) is 31.9 Å². The van der Waals surface area contributed by atoms with Gasteiger partial charge >= 0.3 is 0 Å². The number of ketones is 1. The van der Waals surface area contributed by atoms with Gasteiger partial charge in [0.1, 0.15) is 5.75 Å². The van der Waals surface area contributed by atoms with Crippen molar-refractivity contribution >= 4 is 43.3 Å². The number of benzene rings is 2. The fraction of sp³-hybridized carbons (Fsp3) is 0.188. The van der Waals surface area contributed by atoms with Crippen molar-refractivity contribution in [1.82, 2.24) is 0 Å². The first-order valence-electron chi connectivity index (χ1n) is 6.53. The van der Waals surface area contributed by atoms with E-state index in [0.717, 1.165) is 8.95 Å². The van der Waals surface area contributed by atoms with Gasteiger partial charge in [-0.1, -0.05) is 50.9 Å². The molecule has 0 aliphatic rings. The molecule has 1 atom stereocenters. The van der Waals surface area contributed by atoms with E-state index >= 15 is 0 Å². The Hall–Kier alpha value is -1.33. The van der Waals surface area contributed by atoms with Gasteiger partial charge in [-0.25, -0.2) is 0 Å². The summed E-state index contributed by atoms with van der Waals surface area (Å²) in [4.78, 5) is 12.6. The van der Waals surface area contributed by atoms with Crippen molar-refractivity contribution in [2.24, 2.45) is 0 Å². The molecule has 2 rings (SSSR count). The third-order valence-electron chi connectivity index (χ3n) is 3.05. The normalized spacial score (nSPS) is 12.0. The molecule has 2 aromatic carbocycles. The number of ether oxygens (including phenoxy) is 1. The summed E-state index contributed by atoms with van der Waals surface area (Å²) in [6.07, 6.45) is 0.00235. The third-order valence-corrected chi connectivity index (χ3v) is 4.20. The monoisotopic (exact) mass is 411 g/mol. The number of rotatable bonds is 5. The average molecular weight is 413 g/mol. The lowest BCUT2D eigenvalue weighted by Crippen LogP contribution is -2.27. The van der Waals surface area contributed by atoms with Gasteiger partial charge in [-0.15, -0.1) is 0 Å². The van der Waals surface area contributed by atoms with Gasteiger partial charge in [0.2, 0.25) is 5.78 Å². The van der Waals surface area contributed by atoms with Crippen LogP contribution in [0.15, 0.2) is 51.4 Å². The molecule has 0 aliphatic carbocycles. The minimum Gasteiger partial charge on any atom is -0.480 e.